The topological polar surface area (TPSA) is 29.3 Å². The van der Waals surface area contributed by atoms with Crippen LogP contribution in [0.3, 0.4) is 0 Å². The number of nitrogens with zero attached hydrogens (tertiary/aromatic N) is 1. The van der Waals surface area contributed by atoms with E-state index < -0.39 is 0 Å². The Morgan fingerprint density at radius 3 is 2.58 bits per heavy atom. The Morgan fingerprint density at radius 1 is 1.05 bits per heavy atom. The molecular formula is C16H22N2S. The molecular weight excluding hydrogens is 252 g/mol. The van der Waals surface area contributed by atoms with Gasteiger partial charge in [0.15, 0.2) is 0 Å². The summed E-state index contributed by atoms with van der Waals surface area (Å²) in [6.07, 6.45) is 5.54. The summed E-state index contributed by atoms with van der Waals surface area (Å²) in [6, 6.07) is 8.95. The number of thiophene rings is 1. The van der Waals surface area contributed by atoms with E-state index in [1.54, 1.807) is 0 Å². The van der Waals surface area contributed by atoms with E-state index in [-0.39, 0.29) is 0 Å². The third-order valence-electron chi connectivity index (χ3n) is 3.95. The van der Waals surface area contributed by atoms with E-state index in [0.717, 1.165) is 6.54 Å². The molecule has 1 aromatic carbocycles. The van der Waals surface area contributed by atoms with E-state index in [0.29, 0.717) is 6.54 Å². The Morgan fingerprint density at radius 2 is 1.84 bits per heavy atom. The molecule has 0 aliphatic carbocycles. The van der Waals surface area contributed by atoms with Crippen LogP contribution in [0.4, 0.5) is 0 Å². The Balaban J connectivity index is 1.76. The van der Waals surface area contributed by atoms with Gasteiger partial charge in [-0.25, -0.2) is 0 Å². The first-order valence-corrected chi connectivity index (χ1v) is 8.10. The van der Waals surface area contributed by atoms with Crippen LogP contribution in [0, 0.1) is 0 Å². The maximum atomic E-state index is 5.71. The molecule has 0 bridgehead atoms. The monoisotopic (exact) mass is 274 g/mol. The lowest BCUT2D eigenvalue weighted by molar-refractivity contribution is 0.279. The molecule has 2 aromatic rings. The molecule has 2 N–H and O–H groups in total. The quantitative estimate of drug-likeness (QED) is 0.924. The van der Waals surface area contributed by atoms with Gasteiger partial charge in [0.2, 0.25) is 0 Å². The van der Waals surface area contributed by atoms with Crippen molar-refractivity contribution < 1.29 is 0 Å². The van der Waals surface area contributed by atoms with E-state index in [4.69, 9.17) is 5.73 Å². The van der Waals surface area contributed by atoms with Crippen molar-refractivity contribution in [2.45, 2.75) is 38.8 Å². The van der Waals surface area contributed by atoms with Crippen LogP contribution in [0.2, 0.25) is 0 Å². The predicted octanol–water partition coefficient (Wildman–Crippen LogP) is 3.74. The summed E-state index contributed by atoms with van der Waals surface area (Å²) in [5.41, 5.74) is 6.94. The Labute approximate surface area is 119 Å². The molecule has 0 spiro atoms. The third kappa shape index (κ3) is 3.16. The summed E-state index contributed by atoms with van der Waals surface area (Å²) in [5.74, 6) is 0. The maximum absolute atomic E-state index is 5.71. The molecule has 3 heteroatoms. The number of nitrogens with two attached hydrogens (primary N) is 1. The highest BCUT2D eigenvalue weighted by Gasteiger charge is 2.11. The number of hydrogen-bond donors (Lipinski definition) is 1. The highest BCUT2D eigenvalue weighted by atomic mass is 32.1. The van der Waals surface area contributed by atoms with Gasteiger partial charge in [0.05, 0.1) is 0 Å². The van der Waals surface area contributed by atoms with Crippen LogP contribution >= 0.6 is 11.3 Å². The predicted molar refractivity (Wildman–Crippen MR) is 83.5 cm³/mol. The summed E-state index contributed by atoms with van der Waals surface area (Å²) in [6.45, 7) is 4.29. The maximum Gasteiger partial charge on any atom is 0.0346 e. The Bertz CT molecular complexity index is 539. The molecule has 3 rings (SSSR count). The van der Waals surface area contributed by atoms with Gasteiger partial charge in [0.1, 0.15) is 0 Å². The number of rotatable bonds is 3. The molecule has 1 saturated heterocycles. The van der Waals surface area contributed by atoms with Gasteiger partial charge in [0, 0.05) is 22.7 Å². The second-order valence-corrected chi connectivity index (χ2v) is 6.65. The van der Waals surface area contributed by atoms with Crippen molar-refractivity contribution in [1.29, 1.82) is 0 Å². The molecule has 0 unspecified atom stereocenters. The largest absolute Gasteiger partial charge is 0.326 e. The summed E-state index contributed by atoms with van der Waals surface area (Å²) in [5, 5.41) is 1.36. The average Bonchev–Trinajstić information content (AvgIpc) is 2.64. The number of likely N-dealkylation sites (tertiary alicyclic amines) is 1. The van der Waals surface area contributed by atoms with Crippen LogP contribution in [0.15, 0.2) is 24.3 Å². The van der Waals surface area contributed by atoms with Crippen molar-refractivity contribution in [2.75, 3.05) is 13.1 Å². The molecule has 0 amide bonds. The van der Waals surface area contributed by atoms with Gasteiger partial charge in [-0.2, -0.15) is 0 Å². The standard InChI is InChI=1S/C16H22N2S/c17-11-13-5-6-16-14(9-13)10-15(19-16)12-18-7-3-1-2-4-8-18/h5-6,9-10H,1-4,7-8,11-12,17H2. The van der Waals surface area contributed by atoms with E-state index in [2.05, 4.69) is 29.2 Å². The second kappa shape index (κ2) is 6.04. The van der Waals surface area contributed by atoms with E-state index in [9.17, 15) is 0 Å². The minimum absolute atomic E-state index is 0.632. The Kier molecular flexibility index (Phi) is 4.16. The first-order chi connectivity index (χ1) is 9.35. The Hall–Kier alpha value is -0.900. The van der Waals surface area contributed by atoms with Gasteiger partial charge in [-0.05, 0) is 55.1 Å². The summed E-state index contributed by atoms with van der Waals surface area (Å²) in [4.78, 5) is 4.10. The zero-order valence-electron chi connectivity index (χ0n) is 11.4. The van der Waals surface area contributed by atoms with Crippen molar-refractivity contribution >= 4 is 21.4 Å². The van der Waals surface area contributed by atoms with Crippen molar-refractivity contribution in [3.05, 3.63) is 34.7 Å². The molecule has 0 radical (unpaired) electrons. The van der Waals surface area contributed by atoms with Crippen LogP contribution in [0.1, 0.15) is 36.1 Å². The zero-order valence-corrected chi connectivity index (χ0v) is 12.2. The molecule has 1 fully saturated rings. The van der Waals surface area contributed by atoms with Gasteiger partial charge in [-0.1, -0.05) is 18.9 Å². The smallest absolute Gasteiger partial charge is 0.0346 e. The number of hydrogen-bond acceptors (Lipinski definition) is 3. The number of benzene rings is 1. The molecule has 1 aliphatic heterocycles. The molecule has 1 aromatic heterocycles. The number of fused-ring (bicyclic) bond motifs is 1. The van der Waals surface area contributed by atoms with Crippen LogP contribution in [-0.2, 0) is 13.1 Å². The summed E-state index contributed by atoms with van der Waals surface area (Å²) >= 11 is 1.93. The first-order valence-electron chi connectivity index (χ1n) is 7.29. The van der Waals surface area contributed by atoms with E-state index in [1.807, 2.05) is 11.3 Å². The van der Waals surface area contributed by atoms with Crippen LogP contribution < -0.4 is 5.73 Å². The fourth-order valence-electron chi connectivity index (χ4n) is 2.87. The van der Waals surface area contributed by atoms with Gasteiger partial charge < -0.3 is 5.73 Å². The molecule has 2 nitrogen and oxygen atoms in total. The van der Waals surface area contributed by atoms with Gasteiger partial charge in [-0.3, -0.25) is 4.90 Å². The van der Waals surface area contributed by atoms with E-state index >= 15 is 0 Å². The third-order valence-corrected chi connectivity index (χ3v) is 5.05. The second-order valence-electron chi connectivity index (χ2n) is 5.48. The molecule has 0 saturated carbocycles. The first kappa shape index (κ1) is 13.1. The van der Waals surface area contributed by atoms with Crippen molar-refractivity contribution in [3.63, 3.8) is 0 Å². The fourth-order valence-corrected chi connectivity index (χ4v) is 3.95. The van der Waals surface area contributed by atoms with Crippen LogP contribution in [0.25, 0.3) is 10.1 Å². The highest BCUT2D eigenvalue weighted by molar-refractivity contribution is 7.19. The highest BCUT2D eigenvalue weighted by Crippen LogP contribution is 2.28. The van der Waals surface area contributed by atoms with Gasteiger partial charge in [-0.15, -0.1) is 11.3 Å². The minimum atomic E-state index is 0.632. The van der Waals surface area contributed by atoms with Crippen molar-refractivity contribution in [2.24, 2.45) is 5.73 Å². The summed E-state index contributed by atoms with van der Waals surface area (Å²) < 4.78 is 1.39. The van der Waals surface area contributed by atoms with Crippen molar-refractivity contribution in [3.8, 4) is 0 Å². The normalized spacial score (nSPS) is 17.7. The lowest BCUT2D eigenvalue weighted by atomic mass is 10.1. The van der Waals surface area contributed by atoms with Gasteiger partial charge in [0.25, 0.3) is 0 Å². The molecule has 19 heavy (non-hydrogen) atoms. The minimum Gasteiger partial charge on any atom is -0.326 e. The average molecular weight is 274 g/mol. The fraction of sp³-hybridized carbons (Fsp3) is 0.500. The van der Waals surface area contributed by atoms with Crippen LogP contribution in [0.5, 0.6) is 0 Å². The van der Waals surface area contributed by atoms with Gasteiger partial charge >= 0.3 is 0 Å². The lowest BCUT2D eigenvalue weighted by Gasteiger charge is -2.18. The van der Waals surface area contributed by atoms with Crippen LogP contribution in [-0.4, -0.2) is 18.0 Å². The molecule has 1 aliphatic rings. The summed E-state index contributed by atoms with van der Waals surface area (Å²) in [7, 11) is 0. The SMILES string of the molecule is NCc1ccc2sc(CN3CCCCCC3)cc2c1. The van der Waals surface area contributed by atoms with Crippen molar-refractivity contribution in [1.82, 2.24) is 4.90 Å². The van der Waals surface area contributed by atoms with E-state index in [1.165, 1.54) is 59.3 Å². The lowest BCUT2D eigenvalue weighted by Crippen LogP contribution is -2.23. The molecule has 2 heterocycles. The zero-order chi connectivity index (χ0) is 13.1. The molecule has 102 valence electrons. The molecule has 0 atom stereocenters.